The molecule has 3 nitrogen and oxygen atoms in total. The quantitative estimate of drug-likeness (QED) is 0.601. The zero-order chi connectivity index (χ0) is 15.5. The van der Waals surface area contributed by atoms with E-state index in [9.17, 15) is 4.79 Å². The molecular weight excluding hydrogens is 260 g/mol. The largest absolute Gasteiger partial charge is 0.356 e. The average Bonchev–Trinajstić information content (AvgIpc) is 2.46. The SMILES string of the molecule is CC(C)CCCCCCNC(=O)C1CCCC(CCN)C1. The van der Waals surface area contributed by atoms with Crippen LogP contribution < -0.4 is 11.1 Å². The maximum Gasteiger partial charge on any atom is 0.223 e. The molecular formula is C18H36N2O. The van der Waals surface area contributed by atoms with E-state index >= 15 is 0 Å². The van der Waals surface area contributed by atoms with Crippen molar-refractivity contribution in [2.45, 2.75) is 78.1 Å². The number of hydrogen-bond donors (Lipinski definition) is 2. The first kappa shape index (κ1) is 18.5. The van der Waals surface area contributed by atoms with Gasteiger partial charge in [0, 0.05) is 12.5 Å². The Balaban J connectivity index is 2.05. The van der Waals surface area contributed by atoms with Crippen LogP contribution in [0, 0.1) is 17.8 Å². The predicted molar refractivity (Wildman–Crippen MR) is 90.1 cm³/mol. The number of nitrogens with one attached hydrogen (secondary N) is 1. The molecule has 3 heteroatoms. The number of amides is 1. The minimum absolute atomic E-state index is 0.247. The fourth-order valence-electron chi connectivity index (χ4n) is 3.41. The van der Waals surface area contributed by atoms with Crippen molar-refractivity contribution in [1.29, 1.82) is 0 Å². The monoisotopic (exact) mass is 296 g/mol. The molecule has 0 aromatic rings. The highest BCUT2D eigenvalue weighted by Gasteiger charge is 2.26. The molecule has 1 rings (SSSR count). The smallest absolute Gasteiger partial charge is 0.223 e. The Morgan fingerprint density at radius 1 is 1.19 bits per heavy atom. The second kappa shape index (κ2) is 11.1. The van der Waals surface area contributed by atoms with E-state index in [4.69, 9.17) is 5.73 Å². The fraction of sp³-hybridized carbons (Fsp3) is 0.944. The normalized spacial score (nSPS) is 22.5. The molecule has 1 amide bonds. The average molecular weight is 296 g/mol. The minimum atomic E-state index is 0.247. The molecule has 1 saturated carbocycles. The Labute approximate surface area is 131 Å². The van der Waals surface area contributed by atoms with Gasteiger partial charge in [0.2, 0.25) is 5.91 Å². The van der Waals surface area contributed by atoms with Crippen LogP contribution >= 0.6 is 0 Å². The Morgan fingerprint density at radius 3 is 2.67 bits per heavy atom. The first-order valence-electron chi connectivity index (χ1n) is 9.11. The van der Waals surface area contributed by atoms with Crippen LogP contribution in [0.15, 0.2) is 0 Å². The zero-order valence-electron chi connectivity index (χ0n) is 14.2. The summed E-state index contributed by atoms with van der Waals surface area (Å²) in [6.45, 7) is 6.18. The van der Waals surface area contributed by atoms with E-state index in [0.29, 0.717) is 11.8 Å². The summed E-state index contributed by atoms with van der Waals surface area (Å²) >= 11 is 0. The molecule has 2 atom stereocenters. The Morgan fingerprint density at radius 2 is 1.95 bits per heavy atom. The Hall–Kier alpha value is -0.570. The number of unbranched alkanes of at least 4 members (excludes halogenated alkanes) is 3. The van der Waals surface area contributed by atoms with Gasteiger partial charge < -0.3 is 11.1 Å². The topological polar surface area (TPSA) is 55.1 Å². The molecule has 0 aromatic carbocycles. The summed E-state index contributed by atoms with van der Waals surface area (Å²) in [6.07, 6.45) is 12.0. The molecule has 0 saturated heterocycles. The van der Waals surface area contributed by atoms with Gasteiger partial charge in [-0.1, -0.05) is 52.4 Å². The van der Waals surface area contributed by atoms with Gasteiger partial charge >= 0.3 is 0 Å². The van der Waals surface area contributed by atoms with E-state index in [1.165, 1.54) is 38.5 Å². The van der Waals surface area contributed by atoms with Crippen molar-refractivity contribution < 1.29 is 4.79 Å². The van der Waals surface area contributed by atoms with Crippen LogP contribution in [0.1, 0.15) is 78.1 Å². The molecule has 0 aliphatic heterocycles. The van der Waals surface area contributed by atoms with Crippen molar-refractivity contribution in [2.24, 2.45) is 23.5 Å². The summed E-state index contributed by atoms with van der Waals surface area (Å²) in [7, 11) is 0. The molecule has 1 fully saturated rings. The highest BCUT2D eigenvalue weighted by molar-refractivity contribution is 5.78. The first-order valence-corrected chi connectivity index (χ1v) is 9.11. The van der Waals surface area contributed by atoms with E-state index in [1.54, 1.807) is 0 Å². The van der Waals surface area contributed by atoms with Gasteiger partial charge in [0.1, 0.15) is 0 Å². The number of carbonyl (C=O) groups is 1. The zero-order valence-corrected chi connectivity index (χ0v) is 14.2. The van der Waals surface area contributed by atoms with Crippen LogP contribution in [0.2, 0.25) is 0 Å². The molecule has 0 heterocycles. The molecule has 1 aliphatic carbocycles. The number of rotatable bonds is 10. The molecule has 21 heavy (non-hydrogen) atoms. The highest BCUT2D eigenvalue weighted by Crippen LogP contribution is 2.30. The summed E-state index contributed by atoms with van der Waals surface area (Å²) in [6, 6.07) is 0. The van der Waals surface area contributed by atoms with Crippen molar-refractivity contribution in [3.8, 4) is 0 Å². The molecule has 0 aromatic heterocycles. The van der Waals surface area contributed by atoms with Crippen molar-refractivity contribution in [2.75, 3.05) is 13.1 Å². The molecule has 0 radical (unpaired) electrons. The maximum atomic E-state index is 12.2. The maximum absolute atomic E-state index is 12.2. The van der Waals surface area contributed by atoms with Crippen LogP contribution in [0.25, 0.3) is 0 Å². The van der Waals surface area contributed by atoms with E-state index in [1.807, 2.05) is 0 Å². The van der Waals surface area contributed by atoms with Gasteiger partial charge in [-0.05, 0) is 44.1 Å². The minimum Gasteiger partial charge on any atom is -0.356 e. The Bertz CT molecular complexity index is 276. The third-order valence-electron chi connectivity index (χ3n) is 4.74. The lowest BCUT2D eigenvalue weighted by molar-refractivity contribution is -0.126. The molecule has 0 spiro atoms. The van der Waals surface area contributed by atoms with Gasteiger partial charge in [-0.15, -0.1) is 0 Å². The van der Waals surface area contributed by atoms with Gasteiger partial charge in [0.25, 0.3) is 0 Å². The van der Waals surface area contributed by atoms with Gasteiger partial charge in [-0.2, -0.15) is 0 Å². The van der Waals surface area contributed by atoms with Crippen molar-refractivity contribution in [3.63, 3.8) is 0 Å². The van der Waals surface area contributed by atoms with E-state index in [-0.39, 0.29) is 5.92 Å². The standard InChI is InChI=1S/C18H36N2O/c1-15(2)8-5-3-4-6-13-20-18(21)17-10-7-9-16(14-17)11-12-19/h15-17H,3-14,19H2,1-2H3,(H,20,21). The summed E-state index contributed by atoms with van der Waals surface area (Å²) in [4.78, 5) is 12.2. The second-order valence-electron chi connectivity index (χ2n) is 7.19. The lowest BCUT2D eigenvalue weighted by atomic mass is 9.79. The third-order valence-corrected chi connectivity index (χ3v) is 4.74. The van der Waals surface area contributed by atoms with Gasteiger partial charge in [0.05, 0.1) is 0 Å². The van der Waals surface area contributed by atoms with E-state index in [2.05, 4.69) is 19.2 Å². The van der Waals surface area contributed by atoms with Crippen molar-refractivity contribution in [3.05, 3.63) is 0 Å². The number of hydrogen-bond acceptors (Lipinski definition) is 2. The molecule has 0 bridgehead atoms. The van der Waals surface area contributed by atoms with Gasteiger partial charge in [-0.3, -0.25) is 4.79 Å². The molecule has 2 unspecified atom stereocenters. The summed E-state index contributed by atoms with van der Waals surface area (Å²) in [5.74, 6) is 2.03. The van der Waals surface area contributed by atoms with Gasteiger partial charge in [-0.25, -0.2) is 0 Å². The first-order chi connectivity index (χ1) is 10.1. The van der Waals surface area contributed by atoms with Crippen LogP contribution in [0.4, 0.5) is 0 Å². The Kier molecular flexibility index (Phi) is 9.73. The fourth-order valence-corrected chi connectivity index (χ4v) is 3.41. The van der Waals surface area contributed by atoms with E-state index < -0.39 is 0 Å². The summed E-state index contributed by atoms with van der Waals surface area (Å²) < 4.78 is 0. The van der Waals surface area contributed by atoms with Crippen LogP contribution in [0.5, 0.6) is 0 Å². The highest BCUT2D eigenvalue weighted by atomic mass is 16.1. The van der Waals surface area contributed by atoms with Crippen LogP contribution in [-0.2, 0) is 4.79 Å². The predicted octanol–water partition coefficient (Wildman–Crippen LogP) is 3.86. The number of carbonyl (C=O) groups excluding carboxylic acids is 1. The number of nitrogens with two attached hydrogens (primary N) is 1. The molecule has 124 valence electrons. The third kappa shape index (κ3) is 8.45. The van der Waals surface area contributed by atoms with Crippen molar-refractivity contribution >= 4 is 5.91 Å². The van der Waals surface area contributed by atoms with Crippen LogP contribution in [0.3, 0.4) is 0 Å². The second-order valence-corrected chi connectivity index (χ2v) is 7.19. The molecule has 3 N–H and O–H groups in total. The van der Waals surface area contributed by atoms with Crippen molar-refractivity contribution in [1.82, 2.24) is 5.32 Å². The van der Waals surface area contributed by atoms with Gasteiger partial charge in [0.15, 0.2) is 0 Å². The van der Waals surface area contributed by atoms with E-state index in [0.717, 1.165) is 44.7 Å². The lowest BCUT2D eigenvalue weighted by Crippen LogP contribution is -2.34. The molecule has 1 aliphatic rings. The summed E-state index contributed by atoms with van der Waals surface area (Å²) in [5, 5.41) is 3.14. The summed E-state index contributed by atoms with van der Waals surface area (Å²) in [5.41, 5.74) is 5.64. The lowest BCUT2D eigenvalue weighted by Gasteiger charge is -2.28. The van der Waals surface area contributed by atoms with Crippen LogP contribution in [-0.4, -0.2) is 19.0 Å².